The smallest absolute Gasteiger partial charge is 0.0474 e. The number of piperidine rings is 1. The van der Waals surface area contributed by atoms with Crippen LogP contribution in [-0.4, -0.2) is 51.3 Å². The van der Waals surface area contributed by atoms with E-state index in [1.807, 2.05) is 0 Å². The molecule has 0 aromatic rings. The highest BCUT2D eigenvalue weighted by Crippen LogP contribution is 2.20. The molecule has 1 fully saturated rings. The average Bonchev–Trinajstić information content (AvgIpc) is 2.22. The van der Waals surface area contributed by atoms with Crippen molar-refractivity contribution in [3.05, 3.63) is 0 Å². The molecule has 3 nitrogen and oxygen atoms in total. The minimum absolute atomic E-state index is 0.866. The Kier molecular flexibility index (Phi) is 7.01. The summed E-state index contributed by atoms with van der Waals surface area (Å²) in [6.07, 6.45) is 2.51. The van der Waals surface area contributed by atoms with Gasteiger partial charge in [0.25, 0.3) is 0 Å². The SMILES string of the molecule is COCCCNCCN1CC(C)CC(C)C1. The quantitative estimate of drug-likeness (QED) is 0.670. The van der Waals surface area contributed by atoms with E-state index in [0.717, 1.165) is 38.0 Å². The molecule has 1 aliphatic heterocycles. The molecule has 2 unspecified atom stereocenters. The average molecular weight is 228 g/mol. The van der Waals surface area contributed by atoms with E-state index in [0.29, 0.717) is 0 Å². The van der Waals surface area contributed by atoms with Gasteiger partial charge in [-0.2, -0.15) is 0 Å². The van der Waals surface area contributed by atoms with Gasteiger partial charge in [0, 0.05) is 39.9 Å². The van der Waals surface area contributed by atoms with E-state index in [-0.39, 0.29) is 0 Å². The van der Waals surface area contributed by atoms with Crippen molar-refractivity contribution < 1.29 is 4.74 Å². The maximum absolute atomic E-state index is 5.02. The van der Waals surface area contributed by atoms with Gasteiger partial charge in [0.05, 0.1) is 0 Å². The van der Waals surface area contributed by atoms with Gasteiger partial charge < -0.3 is 15.0 Å². The molecule has 1 heterocycles. The van der Waals surface area contributed by atoms with Gasteiger partial charge in [0.1, 0.15) is 0 Å². The molecule has 96 valence electrons. The van der Waals surface area contributed by atoms with Crippen LogP contribution in [0.1, 0.15) is 26.7 Å². The summed E-state index contributed by atoms with van der Waals surface area (Å²) in [5.41, 5.74) is 0. The van der Waals surface area contributed by atoms with Gasteiger partial charge in [-0.1, -0.05) is 13.8 Å². The Hall–Kier alpha value is -0.120. The monoisotopic (exact) mass is 228 g/mol. The van der Waals surface area contributed by atoms with Gasteiger partial charge in [-0.05, 0) is 31.2 Å². The van der Waals surface area contributed by atoms with Gasteiger partial charge in [-0.3, -0.25) is 0 Å². The fourth-order valence-corrected chi connectivity index (χ4v) is 2.68. The van der Waals surface area contributed by atoms with E-state index in [9.17, 15) is 0 Å². The molecule has 1 saturated heterocycles. The van der Waals surface area contributed by atoms with Gasteiger partial charge >= 0.3 is 0 Å². The number of nitrogens with zero attached hydrogens (tertiary/aromatic N) is 1. The summed E-state index contributed by atoms with van der Waals surface area (Å²) in [4.78, 5) is 2.60. The van der Waals surface area contributed by atoms with Gasteiger partial charge in [-0.25, -0.2) is 0 Å². The second kappa shape index (κ2) is 8.04. The number of nitrogens with one attached hydrogen (secondary N) is 1. The Morgan fingerprint density at radius 3 is 2.50 bits per heavy atom. The lowest BCUT2D eigenvalue weighted by atomic mass is 9.92. The number of hydrogen-bond donors (Lipinski definition) is 1. The molecule has 1 aliphatic rings. The highest BCUT2D eigenvalue weighted by molar-refractivity contribution is 4.74. The minimum Gasteiger partial charge on any atom is -0.385 e. The summed E-state index contributed by atoms with van der Waals surface area (Å²) in [6, 6.07) is 0. The van der Waals surface area contributed by atoms with Crippen LogP contribution in [0.25, 0.3) is 0 Å². The van der Waals surface area contributed by atoms with E-state index >= 15 is 0 Å². The molecule has 0 amide bonds. The first-order valence-electron chi connectivity index (χ1n) is 6.64. The van der Waals surface area contributed by atoms with Crippen molar-refractivity contribution >= 4 is 0 Å². The largest absolute Gasteiger partial charge is 0.385 e. The molecule has 0 aliphatic carbocycles. The Morgan fingerprint density at radius 1 is 1.19 bits per heavy atom. The van der Waals surface area contributed by atoms with Gasteiger partial charge in [0.15, 0.2) is 0 Å². The lowest BCUT2D eigenvalue weighted by Gasteiger charge is -2.34. The molecule has 0 saturated carbocycles. The summed E-state index contributed by atoms with van der Waals surface area (Å²) in [7, 11) is 1.76. The minimum atomic E-state index is 0.866. The zero-order chi connectivity index (χ0) is 11.8. The van der Waals surface area contributed by atoms with Crippen LogP contribution in [0.5, 0.6) is 0 Å². The molecule has 0 aromatic carbocycles. The van der Waals surface area contributed by atoms with Crippen LogP contribution < -0.4 is 5.32 Å². The highest BCUT2D eigenvalue weighted by Gasteiger charge is 2.20. The molecule has 1 rings (SSSR count). The molecule has 3 heteroatoms. The Labute approximate surface area is 101 Å². The Balaban J connectivity index is 1.99. The van der Waals surface area contributed by atoms with E-state index in [2.05, 4.69) is 24.1 Å². The van der Waals surface area contributed by atoms with Crippen LogP contribution in [0.3, 0.4) is 0 Å². The normalized spacial score (nSPS) is 27.2. The Morgan fingerprint density at radius 2 is 1.88 bits per heavy atom. The van der Waals surface area contributed by atoms with E-state index in [1.165, 1.54) is 26.1 Å². The number of rotatable bonds is 7. The van der Waals surface area contributed by atoms with Crippen molar-refractivity contribution in [2.45, 2.75) is 26.7 Å². The number of hydrogen-bond acceptors (Lipinski definition) is 3. The van der Waals surface area contributed by atoms with Crippen LogP contribution in [-0.2, 0) is 4.74 Å². The summed E-state index contributed by atoms with van der Waals surface area (Å²) in [6.45, 7) is 11.6. The summed E-state index contributed by atoms with van der Waals surface area (Å²) >= 11 is 0. The van der Waals surface area contributed by atoms with E-state index in [4.69, 9.17) is 4.74 Å². The molecular weight excluding hydrogens is 200 g/mol. The summed E-state index contributed by atoms with van der Waals surface area (Å²) < 4.78 is 5.02. The van der Waals surface area contributed by atoms with Crippen molar-refractivity contribution in [1.82, 2.24) is 10.2 Å². The fourth-order valence-electron chi connectivity index (χ4n) is 2.68. The first-order chi connectivity index (χ1) is 7.72. The lowest BCUT2D eigenvalue weighted by Crippen LogP contribution is -2.42. The molecule has 0 radical (unpaired) electrons. The first-order valence-corrected chi connectivity index (χ1v) is 6.64. The molecule has 0 spiro atoms. The third-order valence-corrected chi connectivity index (χ3v) is 3.25. The maximum Gasteiger partial charge on any atom is 0.0474 e. The summed E-state index contributed by atoms with van der Waals surface area (Å²) in [5, 5.41) is 3.48. The fraction of sp³-hybridized carbons (Fsp3) is 1.00. The molecule has 0 bridgehead atoms. The Bertz CT molecular complexity index is 165. The van der Waals surface area contributed by atoms with Crippen LogP contribution >= 0.6 is 0 Å². The molecule has 2 atom stereocenters. The number of methoxy groups -OCH3 is 1. The third kappa shape index (κ3) is 5.83. The highest BCUT2D eigenvalue weighted by atomic mass is 16.5. The predicted octanol–water partition coefficient (Wildman–Crippen LogP) is 1.59. The zero-order valence-electron chi connectivity index (χ0n) is 11.2. The van der Waals surface area contributed by atoms with Gasteiger partial charge in [-0.15, -0.1) is 0 Å². The second-order valence-electron chi connectivity index (χ2n) is 5.30. The number of likely N-dealkylation sites (tertiary alicyclic amines) is 1. The van der Waals surface area contributed by atoms with Crippen molar-refractivity contribution in [1.29, 1.82) is 0 Å². The van der Waals surface area contributed by atoms with Crippen molar-refractivity contribution in [2.75, 3.05) is 46.4 Å². The first kappa shape index (κ1) is 13.9. The van der Waals surface area contributed by atoms with Crippen LogP contribution in [0.15, 0.2) is 0 Å². The maximum atomic E-state index is 5.02. The van der Waals surface area contributed by atoms with Crippen LogP contribution in [0.4, 0.5) is 0 Å². The van der Waals surface area contributed by atoms with Crippen molar-refractivity contribution in [2.24, 2.45) is 11.8 Å². The van der Waals surface area contributed by atoms with Gasteiger partial charge in [0.2, 0.25) is 0 Å². The van der Waals surface area contributed by atoms with Crippen molar-refractivity contribution in [3.8, 4) is 0 Å². The van der Waals surface area contributed by atoms with E-state index < -0.39 is 0 Å². The molecule has 1 N–H and O–H groups in total. The molecular formula is C13H28N2O. The molecule has 16 heavy (non-hydrogen) atoms. The summed E-state index contributed by atoms with van der Waals surface area (Å²) in [5.74, 6) is 1.74. The van der Waals surface area contributed by atoms with E-state index in [1.54, 1.807) is 7.11 Å². The predicted molar refractivity (Wildman–Crippen MR) is 68.7 cm³/mol. The standard InChI is InChI=1S/C13H28N2O/c1-12-9-13(2)11-15(10-12)7-6-14-5-4-8-16-3/h12-14H,4-11H2,1-3H3. The topological polar surface area (TPSA) is 24.5 Å². The van der Waals surface area contributed by atoms with Crippen molar-refractivity contribution in [3.63, 3.8) is 0 Å². The molecule has 0 aromatic heterocycles. The number of ether oxygens (including phenoxy) is 1. The van der Waals surface area contributed by atoms with Crippen LogP contribution in [0, 0.1) is 11.8 Å². The second-order valence-corrected chi connectivity index (χ2v) is 5.30. The lowest BCUT2D eigenvalue weighted by molar-refractivity contribution is 0.141. The van der Waals surface area contributed by atoms with Crippen LogP contribution in [0.2, 0.25) is 0 Å². The zero-order valence-corrected chi connectivity index (χ0v) is 11.2. The third-order valence-electron chi connectivity index (χ3n) is 3.25.